The van der Waals surface area contributed by atoms with E-state index in [0.29, 0.717) is 21.6 Å². The van der Waals surface area contributed by atoms with Crippen LogP contribution in [0, 0.1) is 6.92 Å². The summed E-state index contributed by atoms with van der Waals surface area (Å²) in [5.41, 5.74) is 1.48. The largest absolute Gasteiger partial charge is 0.475 e. The molecule has 4 nitrogen and oxygen atoms in total. The number of carbonyl (C=O) groups is 2. The van der Waals surface area contributed by atoms with Crippen LogP contribution in [0.2, 0.25) is 5.02 Å². The van der Waals surface area contributed by atoms with Crippen molar-refractivity contribution in [2.45, 2.75) is 6.92 Å². The highest BCUT2D eigenvalue weighted by molar-refractivity contribution is 6.43. The number of carboxylic acids is 1. The second kappa shape index (κ2) is 3.89. The van der Waals surface area contributed by atoms with Gasteiger partial charge in [0.15, 0.2) is 0 Å². The number of rotatable bonds is 2. The maximum absolute atomic E-state index is 11.6. The topological polar surface area (TPSA) is 59.3 Å². The summed E-state index contributed by atoms with van der Waals surface area (Å²) in [5.74, 6) is -2.36. The zero-order valence-corrected chi connectivity index (χ0v) is 10.1. The van der Waals surface area contributed by atoms with Gasteiger partial charge in [-0.1, -0.05) is 23.7 Å². The highest BCUT2D eigenvalue weighted by atomic mass is 35.5. The Balaban J connectivity index is 2.90. The van der Waals surface area contributed by atoms with Crippen molar-refractivity contribution >= 4 is 34.3 Å². The summed E-state index contributed by atoms with van der Waals surface area (Å²) >= 11 is 6.05. The predicted octanol–water partition coefficient (Wildman–Crippen LogP) is 2.41. The van der Waals surface area contributed by atoms with E-state index in [0.717, 1.165) is 0 Å². The fourth-order valence-electron chi connectivity index (χ4n) is 1.98. The van der Waals surface area contributed by atoms with Gasteiger partial charge < -0.3 is 9.67 Å². The van der Waals surface area contributed by atoms with Gasteiger partial charge in [0, 0.05) is 18.1 Å². The molecule has 5 heteroatoms. The van der Waals surface area contributed by atoms with E-state index >= 15 is 0 Å². The van der Waals surface area contributed by atoms with Gasteiger partial charge in [-0.15, -0.1) is 0 Å². The van der Waals surface area contributed by atoms with E-state index in [-0.39, 0.29) is 5.56 Å². The molecule has 1 heterocycles. The Morgan fingerprint density at radius 2 is 2.00 bits per heavy atom. The van der Waals surface area contributed by atoms with Gasteiger partial charge in [0.25, 0.3) is 5.78 Å². The van der Waals surface area contributed by atoms with Gasteiger partial charge in [-0.2, -0.15) is 0 Å². The molecule has 2 aromatic rings. The molecule has 0 aliphatic rings. The van der Waals surface area contributed by atoms with Crippen LogP contribution in [0.1, 0.15) is 16.1 Å². The van der Waals surface area contributed by atoms with Crippen molar-refractivity contribution in [2.24, 2.45) is 7.05 Å². The van der Waals surface area contributed by atoms with Crippen molar-refractivity contribution in [1.82, 2.24) is 4.57 Å². The third-order valence-electron chi connectivity index (χ3n) is 2.88. The number of halogens is 1. The van der Waals surface area contributed by atoms with Crippen molar-refractivity contribution in [3.63, 3.8) is 0 Å². The first-order valence-corrected chi connectivity index (χ1v) is 5.34. The molecule has 0 spiro atoms. The molecule has 1 N–H and O–H groups in total. The SMILES string of the molecule is Cc1c(C(=O)C(=O)O)c2cccc(Cl)c2n1C. The number of hydrogen-bond donors (Lipinski definition) is 1. The Morgan fingerprint density at radius 1 is 1.35 bits per heavy atom. The summed E-state index contributed by atoms with van der Waals surface area (Å²) in [7, 11) is 1.75. The van der Waals surface area contributed by atoms with Gasteiger partial charge in [-0.3, -0.25) is 4.79 Å². The third-order valence-corrected chi connectivity index (χ3v) is 3.18. The lowest BCUT2D eigenvalue weighted by molar-refractivity contribution is -0.131. The van der Waals surface area contributed by atoms with Crippen molar-refractivity contribution in [3.05, 3.63) is 34.5 Å². The highest BCUT2D eigenvalue weighted by Gasteiger charge is 2.24. The maximum atomic E-state index is 11.6. The van der Waals surface area contributed by atoms with Gasteiger partial charge in [0.1, 0.15) is 0 Å². The van der Waals surface area contributed by atoms with E-state index in [1.54, 1.807) is 36.7 Å². The van der Waals surface area contributed by atoms with Crippen molar-refractivity contribution < 1.29 is 14.7 Å². The van der Waals surface area contributed by atoms with Crippen LogP contribution in [0.5, 0.6) is 0 Å². The normalized spacial score (nSPS) is 10.8. The number of carboxylic acid groups (broad SMARTS) is 1. The molecule has 2 rings (SSSR count). The maximum Gasteiger partial charge on any atom is 0.377 e. The molecule has 1 aromatic carbocycles. The average Bonchev–Trinajstić information content (AvgIpc) is 2.52. The first kappa shape index (κ1) is 11.7. The molecule has 0 radical (unpaired) electrons. The smallest absolute Gasteiger partial charge is 0.377 e. The zero-order chi connectivity index (χ0) is 12.7. The molecule has 0 saturated heterocycles. The van der Waals surface area contributed by atoms with E-state index in [2.05, 4.69) is 0 Å². The third kappa shape index (κ3) is 1.61. The zero-order valence-electron chi connectivity index (χ0n) is 9.32. The number of aliphatic carboxylic acids is 1. The lowest BCUT2D eigenvalue weighted by Crippen LogP contribution is -2.13. The molecular weight excluding hydrogens is 242 g/mol. The average molecular weight is 252 g/mol. The number of ketones is 1. The van der Waals surface area contributed by atoms with Crippen LogP contribution in [-0.4, -0.2) is 21.4 Å². The Morgan fingerprint density at radius 3 is 2.59 bits per heavy atom. The van der Waals surface area contributed by atoms with Crippen molar-refractivity contribution in [3.8, 4) is 0 Å². The van der Waals surface area contributed by atoms with Crippen LogP contribution < -0.4 is 0 Å². The van der Waals surface area contributed by atoms with E-state index in [1.165, 1.54) is 0 Å². The van der Waals surface area contributed by atoms with Gasteiger partial charge in [-0.05, 0) is 13.0 Å². The van der Waals surface area contributed by atoms with Gasteiger partial charge in [-0.25, -0.2) is 4.79 Å². The lowest BCUT2D eigenvalue weighted by atomic mass is 10.1. The van der Waals surface area contributed by atoms with Gasteiger partial charge in [0.05, 0.1) is 16.1 Å². The number of hydrogen-bond acceptors (Lipinski definition) is 2. The van der Waals surface area contributed by atoms with E-state index < -0.39 is 11.8 Å². The number of aryl methyl sites for hydroxylation is 1. The number of Topliss-reactive ketones (excluding diaryl/α,β-unsaturated/α-hetero) is 1. The monoisotopic (exact) mass is 251 g/mol. The van der Waals surface area contributed by atoms with E-state index in [1.807, 2.05) is 0 Å². The number of carbonyl (C=O) groups excluding carboxylic acids is 1. The predicted molar refractivity (Wildman–Crippen MR) is 64.6 cm³/mol. The summed E-state index contributed by atoms with van der Waals surface area (Å²) < 4.78 is 1.73. The Kier molecular flexibility index (Phi) is 2.67. The van der Waals surface area contributed by atoms with Crippen LogP contribution in [0.15, 0.2) is 18.2 Å². The number of fused-ring (bicyclic) bond motifs is 1. The molecule has 1 aromatic heterocycles. The summed E-state index contributed by atoms with van der Waals surface area (Å²) in [5, 5.41) is 9.88. The van der Waals surface area contributed by atoms with Crippen LogP contribution in [-0.2, 0) is 11.8 Å². The first-order valence-electron chi connectivity index (χ1n) is 4.96. The summed E-state index contributed by atoms with van der Waals surface area (Å²) in [6.07, 6.45) is 0. The minimum atomic E-state index is -1.46. The van der Waals surface area contributed by atoms with Crippen LogP contribution in [0.3, 0.4) is 0 Å². The van der Waals surface area contributed by atoms with Crippen LogP contribution in [0.25, 0.3) is 10.9 Å². The minimum absolute atomic E-state index is 0.206. The molecule has 0 atom stereocenters. The molecule has 0 aliphatic heterocycles. The second-order valence-corrected chi connectivity index (χ2v) is 4.20. The quantitative estimate of drug-likeness (QED) is 0.659. The number of benzene rings is 1. The van der Waals surface area contributed by atoms with Crippen molar-refractivity contribution in [2.75, 3.05) is 0 Å². The molecule has 88 valence electrons. The molecule has 17 heavy (non-hydrogen) atoms. The number of para-hydroxylation sites is 1. The highest BCUT2D eigenvalue weighted by Crippen LogP contribution is 2.30. The van der Waals surface area contributed by atoms with Gasteiger partial charge in [0.2, 0.25) is 0 Å². The lowest BCUT2D eigenvalue weighted by Gasteiger charge is -1.99. The summed E-state index contributed by atoms with van der Waals surface area (Å²) in [6.45, 7) is 1.70. The fraction of sp³-hybridized carbons (Fsp3) is 0.167. The molecule has 0 saturated carbocycles. The Bertz CT molecular complexity index is 643. The number of aromatic nitrogens is 1. The Hall–Kier alpha value is -1.81. The molecular formula is C12H10ClNO3. The molecule has 0 aliphatic carbocycles. The molecule has 0 bridgehead atoms. The van der Waals surface area contributed by atoms with E-state index in [9.17, 15) is 9.59 Å². The number of nitrogens with zero attached hydrogens (tertiary/aromatic N) is 1. The Labute approximate surface area is 102 Å². The fourth-order valence-corrected chi connectivity index (χ4v) is 2.28. The minimum Gasteiger partial charge on any atom is -0.475 e. The van der Waals surface area contributed by atoms with Crippen LogP contribution in [0.4, 0.5) is 0 Å². The first-order chi connectivity index (χ1) is 7.95. The van der Waals surface area contributed by atoms with Gasteiger partial charge >= 0.3 is 5.97 Å². The van der Waals surface area contributed by atoms with E-state index in [4.69, 9.17) is 16.7 Å². The summed E-state index contributed by atoms with van der Waals surface area (Å²) in [4.78, 5) is 22.4. The summed E-state index contributed by atoms with van der Waals surface area (Å²) in [6, 6.07) is 5.10. The second-order valence-electron chi connectivity index (χ2n) is 3.79. The van der Waals surface area contributed by atoms with Crippen LogP contribution >= 0.6 is 11.6 Å². The molecule has 0 fully saturated rings. The molecule has 0 unspecified atom stereocenters. The molecule has 0 amide bonds. The standard InChI is InChI=1S/C12H10ClNO3/c1-6-9(11(15)12(16)17)7-4-3-5-8(13)10(7)14(6)2/h3-5H,1-2H3,(H,16,17). The van der Waals surface area contributed by atoms with Crippen molar-refractivity contribution in [1.29, 1.82) is 0 Å².